The third-order valence-corrected chi connectivity index (χ3v) is 3.34. The summed E-state index contributed by atoms with van der Waals surface area (Å²) in [5.41, 5.74) is 1.28. The van der Waals surface area contributed by atoms with E-state index in [1.807, 2.05) is 4.90 Å². The lowest BCUT2D eigenvalue weighted by Gasteiger charge is -2.26. The van der Waals surface area contributed by atoms with Crippen molar-refractivity contribution in [3.05, 3.63) is 21.9 Å². The highest BCUT2D eigenvalue weighted by molar-refractivity contribution is 7.10. The second kappa shape index (κ2) is 4.00. The molecular formula is C10H14N2OS. The Labute approximate surface area is 87.7 Å². The van der Waals surface area contributed by atoms with Crippen LogP contribution in [0.1, 0.15) is 16.9 Å². The first-order chi connectivity index (χ1) is 6.75. The van der Waals surface area contributed by atoms with Gasteiger partial charge in [0.05, 0.1) is 6.54 Å². The van der Waals surface area contributed by atoms with E-state index in [9.17, 15) is 4.79 Å². The van der Waals surface area contributed by atoms with E-state index in [2.05, 4.69) is 23.7 Å². The largest absolute Gasteiger partial charge is 0.338 e. The molecule has 1 fully saturated rings. The number of amides is 2. The average molecular weight is 210 g/mol. The first-order valence-corrected chi connectivity index (χ1v) is 5.70. The second-order valence-electron chi connectivity index (χ2n) is 3.60. The number of hydrogen-bond acceptors (Lipinski definition) is 2. The molecule has 0 aliphatic carbocycles. The summed E-state index contributed by atoms with van der Waals surface area (Å²) in [6, 6.07) is 2.22. The van der Waals surface area contributed by atoms with Crippen LogP contribution in [0.15, 0.2) is 11.4 Å². The molecule has 0 atom stereocenters. The molecule has 1 aromatic rings. The van der Waals surface area contributed by atoms with Gasteiger partial charge in [0.2, 0.25) is 0 Å². The predicted octanol–water partition coefficient (Wildman–Crippen LogP) is 1.97. The SMILES string of the molecule is Cc1csc(CN2CCCNC2=O)c1. The smallest absolute Gasteiger partial charge is 0.317 e. The summed E-state index contributed by atoms with van der Waals surface area (Å²) in [4.78, 5) is 14.6. The van der Waals surface area contributed by atoms with E-state index in [-0.39, 0.29) is 6.03 Å². The highest BCUT2D eigenvalue weighted by atomic mass is 32.1. The summed E-state index contributed by atoms with van der Waals surface area (Å²) in [5, 5.41) is 4.97. The van der Waals surface area contributed by atoms with Crippen molar-refractivity contribution in [2.24, 2.45) is 0 Å². The van der Waals surface area contributed by atoms with Gasteiger partial charge in [-0.2, -0.15) is 0 Å². The van der Waals surface area contributed by atoms with Crippen LogP contribution in [0.2, 0.25) is 0 Å². The van der Waals surface area contributed by atoms with Gasteiger partial charge < -0.3 is 10.2 Å². The maximum absolute atomic E-state index is 11.4. The number of nitrogens with one attached hydrogen (secondary N) is 1. The van der Waals surface area contributed by atoms with Crippen LogP contribution in [0.25, 0.3) is 0 Å². The van der Waals surface area contributed by atoms with Crippen LogP contribution >= 0.6 is 11.3 Å². The standard InChI is InChI=1S/C10H14N2OS/c1-8-5-9(14-7-8)6-12-4-2-3-11-10(12)13/h5,7H,2-4,6H2,1H3,(H,11,13). The number of rotatable bonds is 2. The zero-order chi connectivity index (χ0) is 9.97. The Morgan fingerprint density at radius 1 is 1.64 bits per heavy atom. The van der Waals surface area contributed by atoms with Crippen molar-refractivity contribution in [3.63, 3.8) is 0 Å². The zero-order valence-corrected chi connectivity index (χ0v) is 9.06. The number of carbonyl (C=O) groups excluding carboxylic acids is 1. The summed E-state index contributed by atoms with van der Waals surface area (Å²) >= 11 is 1.72. The molecule has 14 heavy (non-hydrogen) atoms. The Bertz CT molecular complexity index is 335. The van der Waals surface area contributed by atoms with Crippen LogP contribution in [0, 0.1) is 6.92 Å². The molecule has 1 N–H and O–H groups in total. The lowest BCUT2D eigenvalue weighted by molar-refractivity contribution is 0.184. The van der Waals surface area contributed by atoms with E-state index in [0.29, 0.717) is 0 Å². The van der Waals surface area contributed by atoms with Gasteiger partial charge in [-0.05, 0) is 30.4 Å². The minimum atomic E-state index is 0.0716. The first-order valence-electron chi connectivity index (χ1n) is 4.82. The number of carbonyl (C=O) groups is 1. The van der Waals surface area contributed by atoms with Crippen molar-refractivity contribution < 1.29 is 4.79 Å². The molecule has 2 amide bonds. The monoisotopic (exact) mass is 210 g/mol. The zero-order valence-electron chi connectivity index (χ0n) is 8.25. The molecule has 0 radical (unpaired) electrons. The summed E-state index contributed by atoms with van der Waals surface area (Å²) in [6.07, 6.45) is 1.05. The Kier molecular flexibility index (Phi) is 2.72. The van der Waals surface area contributed by atoms with Gasteiger partial charge in [-0.25, -0.2) is 4.79 Å². The minimum Gasteiger partial charge on any atom is -0.338 e. The van der Waals surface area contributed by atoms with Crippen LogP contribution in [0.4, 0.5) is 4.79 Å². The molecule has 1 aliphatic rings. The van der Waals surface area contributed by atoms with Crippen molar-refractivity contribution in [2.75, 3.05) is 13.1 Å². The fourth-order valence-electron chi connectivity index (χ4n) is 1.59. The number of urea groups is 1. The minimum absolute atomic E-state index is 0.0716. The van der Waals surface area contributed by atoms with Crippen LogP contribution in [-0.2, 0) is 6.54 Å². The second-order valence-corrected chi connectivity index (χ2v) is 4.59. The third-order valence-electron chi connectivity index (χ3n) is 2.30. The van der Waals surface area contributed by atoms with Crippen LogP contribution in [0.3, 0.4) is 0 Å². The van der Waals surface area contributed by atoms with Crippen molar-refractivity contribution >= 4 is 17.4 Å². The predicted molar refractivity (Wildman–Crippen MR) is 57.5 cm³/mol. The highest BCUT2D eigenvalue weighted by Crippen LogP contribution is 2.16. The van der Waals surface area contributed by atoms with E-state index in [1.165, 1.54) is 10.4 Å². The average Bonchev–Trinajstić information content (AvgIpc) is 2.56. The summed E-state index contributed by atoms with van der Waals surface area (Å²) in [7, 11) is 0. The van der Waals surface area contributed by atoms with Crippen LogP contribution < -0.4 is 5.32 Å². The Hall–Kier alpha value is -1.03. The van der Waals surface area contributed by atoms with E-state index < -0.39 is 0 Å². The number of thiophene rings is 1. The summed E-state index contributed by atoms with van der Waals surface area (Å²) < 4.78 is 0. The van der Waals surface area contributed by atoms with Crippen molar-refractivity contribution in [1.29, 1.82) is 0 Å². The van der Waals surface area contributed by atoms with Crippen molar-refractivity contribution in [3.8, 4) is 0 Å². The van der Waals surface area contributed by atoms with Gasteiger partial charge >= 0.3 is 6.03 Å². The molecule has 0 unspecified atom stereocenters. The molecule has 0 spiro atoms. The highest BCUT2D eigenvalue weighted by Gasteiger charge is 2.17. The van der Waals surface area contributed by atoms with Gasteiger partial charge in [0.25, 0.3) is 0 Å². The normalized spacial score (nSPS) is 16.9. The number of hydrogen-bond donors (Lipinski definition) is 1. The molecule has 1 saturated heterocycles. The maximum atomic E-state index is 11.4. The molecule has 4 heteroatoms. The molecule has 3 nitrogen and oxygen atoms in total. The Balaban J connectivity index is 1.99. The first kappa shape index (κ1) is 9.52. The summed E-state index contributed by atoms with van der Waals surface area (Å²) in [5.74, 6) is 0. The van der Waals surface area contributed by atoms with Gasteiger partial charge in [0, 0.05) is 18.0 Å². The van der Waals surface area contributed by atoms with E-state index in [0.717, 1.165) is 26.1 Å². The fraction of sp³-hybridized carbons (Fsp3) is 0.500. The van der Waals surface area contributed by atoms with Crippen LogP contribution in [-0.4, -0.2) is 24.0 Å². The molecule has 2 rings (SSSR count). The molecular weight excluding hydrogens is 196 g/mol. The number of nitrogens with zero attached hydrogens (tertiary/aromatic N) is 1. The van der Waals surface area contributed by atoms with Crippen molar-refractivity contribution in [1.82, 2.24) is 10.2 Å². The maximum Gasteiger partial charge on any atom is 0.317 e. The van der Waals surface area contributed by atoms with E-state index in [4.69, 9.17) is 0 Å². The molecule has 0 saturated carbocycles. The third kappa shape index (κ3) is 2.07. The Morgan fingerprint density at radius 2 is 2.50 bits per heavy atom. The van der Waals surface area contributed by atoms with Crippen molar-refractivity contribution in [2.45, 2.75) is 19.9 Å². The summed E-state index contributed by atoms with van der Waals surface area (Å²) in [6.45, 7) is 4.53. The van der Waals surface area contributed by atoms with Gasteiger partial charge in [-0.15, -0.1) is 11.3 Å². The quantitative estimate of drug-likeness (QED) is 0.795. The lowest BCUT2D eigenvalue weighted by atomic mass is 10.3. The van der Waals surface area contributed by atoms with Gasteiger partial charge in [-0.3, -0.25) is 0 Å². The molecule has 1 aliphatic heterocycles. The molecule has 76 valence electrons. The van der Waals surface area contributed by atoms with Gasteiger partial charge in [-0.1, -0.05) is 0 Å². The van der Waals surface area contributed by atoms with E-state index in [1.54, 1.807) is 11.3 Å². The van der Waals surface area contributed by atoms with Gasteiger partial charge in [0.15, 0.2) is 0 Å². The van der Waals surface area contributed by atoms with Crippen LogP contribution in [0.5, 0.6) is 0 Å². The lowest BCUT2D eigenvalue weighted by Crippen LogP contribution is -2.45. The van der Waals surface area contributed by atoms with Gasteiger partial charge in [0.1, 0.15) is 0 Å². The topological polar surface area (TPSA) is 32.3 Å². The number of aryl methyl sites for hydroxylation is 1. The fourth-order valence-corrected chi connectivity index (χ4v) is 2.48. The molecule has 1 aromatic heterocycles. The van der Waals surface area contributed by atoms with E-state index >= 15 is 0 Å². The molecule has 0 aromatic carbocycles. The molecule has 0 bridgehead atoms. The molecule has 2 heterocycles. The Morgan fingerprint density at radius 3 is 3.14 bits per heavy atom.